The minimum atomic E-state index is -2.77. The summed E-state index contributed by atoms with van der Waals surface area (Å²) < 4.78 is 39.6. The molecule has 0 unspecified atom stereocenters. The molecular formula is C16H26F2N2O3Si. The SMILES string of the molecule is CCOC(=O)c1nn(COCC[Si](C)(C)C)c2c1CCC(F)(F)C2. The van der Waals surface area contributed by atoms with Crippen molar-refractivity contribution in [3.05, 3.63) is 17.0 Å². The van der Waals surface area contributed by atoms with Gasteiger partial charge in [-0.1, -0.05) is 19.6 Å². The number of hydrogen-bond acceptors (Lipinski definition) is 4. The van der Waals surface area contributed by atoms with Crippen molar-refractivity contribution in [1.29, 1.82) is 0 Å². The summed E-state index contributed by atoms with van der Waals surface area (Å²) in [6.07, 6.45) is -0.550. The lowest BCUT2D eigenvalue weighted by Crippen LogP contribution is -2.28. The van der Waals surface area contributed by atoms with Crippen LogP contribution in [0.5, 0.6) is 0 Å². The maximum atomic E-state index is 13.8. The zero-order valence-corrected chi connectivity index (χ0v) is 15.8. The number of aromatic nitrogens is 2. The Labute approximate surface area is 142 Å². The van der Waals surface area contributed by atoms with Crippen molar-refractivity contribution in [2.75, 3.05) is 13.2 Å². The Morgan fingerprint density at radius 1 is 1.38 bits per heavy atom. The van der Waals surface area contributed by atoms with Crippen LogP contribution in [0.1, 0.15) is 35.1 Å². The monoisotopic (exact) mass is 360 g/mol. The van der Waals surface area contributed by atoms with Gasteiger partial charge in [0.2, 0.25) is 0 Å². The number of ether oxygens (including phenoxy) is 2. The molecule has 0 saturated heterocycles. The van der Waals surface area contributed by atoms with Crippen LogP contribution in [-0.2, 0) is 29.0 Å². The van der Waals surface area contributed by atoms with Gasteiger partial charge in [-0.2, -0.15) is 5.10 Å². The summed E-state index contributed by atoms with van der Waals surface area (Å²) in [6.45, 7) is 9.30. The van der Waals surface area contributed by atoms with Crippen LogP contribution in [-0.4, -0.2) is 43.0 Å². The van der Waals surface area contributed by atoms with Gasteiger partial charge in [0, 0.05) is 26.7 Å². The molecule has 0 bridgehead atoms. The molecule has 1 aliphatic rings. The number of hydrogen-bond donors (Lipinski definition) is 0. The van der Waals surface area contributed by atoms with Crippen LogP contribution in [0, 0.1) is 0 Å². The van der Waals surface area contributed by atoms with E-state index in [1.165, 1.54) is 4.68 Å². The van der Waals surface area contributed by atoms with E-state index in [0.717, 1.165) is 6.04 Å². The molecule has 1 aromatic rings. The number of carbonyl (C=O) groups excluding carboxylic acids is 1. The lowest BCUT2D eigenvalue weighted by molar-refractivity contribution is -0.0168. The second-order valence-electron chi connectivity index (χ2n) is 7.37. The van der Waals surface area contributed by atoms with Crippen LogP contribution < -0.4 is 0 Å². The predicted octanol–water partition coefficient (Wildman–Crippen LogP) is 3.50. The molecule has 0 atom stereocenters. The molecule has 0 N–H and O–H groups in total. The van der Waals surface area contributed by atoms with E-state index in [-0.39, 0.29) is 31.9 Å². The summed E-state index contributed by atoms with van der Waals surface area (Å²) in [6, 6.07) is 0.983. The Morgan fingerprint density at radius 3 is 2.71 bits per heavy atom. The van der Waals surface area contributed by atoms with E-state index in [0.29, 0.717) is 17.9 Å². The van der Waals surface area contributed by atoms with Crippen molar-refractivity contribution < 1.29 is 23.0 Å². The van der Waals surface area contributed by atoms with E-state index in [4.69, 9.17) is 9.47 Å². The molecule has 136 valence electrons. The van der Waals surface area contributed by atoms with Crippen LogP contribution in [0.2, 0.25) is 25.7 Å². The molecule has 0 aromatic carbocycles. The maximum Gasteiger partial charge on any atom is 0.359 e. The van der Waals surface area contributed by atoms with Gasteiger partial charge in [-0.05, 0) is 19.4 Å². The predicted molar refractivity (Wildman–Crippen MR) is 89.3 cm³/mol. The van der Waals surface area contributed by atoms with E-state index in [9.17, 15) is 13.6 Å². The first-order valence-corrected chi connectivity index (χ1v) is 12.0. The fourth-order valence-electron chi connectivity index (χ4n) is 2.64. The van der Waals surface area contributed by atoms with Crippen molar-refractivity contribution >= 4 is 14.0 Å². The van der Waals surface area contributed by atoms with Crippen LogP contribution in [0.25, 0.3) is 0 Å². The van der Waals surface area contributed by atoms with Crippen molar-refractivity contribution in [2.45, 2.75) is 64.5 Å². The first-order valence-electron chi connectivity index (χ1n) is 8.34. The van der Waals surface area contributed by atoms with E-state index in [1.54, 1.807) is 6.92 Å². The Balaban J connectivity index is 2.16. The van der Waals surface area contributed by atoms with Gasteiger partial charge in [-0.15, -0.1) is 0 Å². The topological polar surface area (TPSA) is 53.3 Å². The highest BCUT2D eigenvalue weighted by Crippen LogP contribution is 2.34. The van der Waals surface area contributed by atoms with Crippen LogP contribution in [0.15, 0.2) is 0 Å². The summed E-state index contributed by atoms with van der Waals surface area (Å²) in [7, 11) is -1.22. The molecule has 8 heteroatoms. The van der Waals surface area contributed by atoms with Crippen molar-refractivity contribution in [2.24, 2.45) is 0 Å². The van der Waals surface area contributed by atoms with Crippen LogP contribution in [0.4, 0.5) is 8.78 Å². The summed E-state index contributed by atoms with van der Waals surface area (Å²) in [5.74, 6) is -3.32. The molecule has 0 amide bonds. The second-order valence-corrected chi connectivity index (χ2v) is 13.0. The number of alkyl halides is 2. The molecule has 2 rings (SSSR count). The largest absolute Gasteiger partial charge is 0.461 e. The Bertz CT molecular complexity index is 597. The summed E-state index contributed by atoms with van der Waals surface area (Å²) in [5, 5.41) is 4.21. The average molecular weight is 360 g/mol. The third-order valence-electron chi connectivity index (χ3n) is 4.01. The summed E-state index contributed by atoms with van der Waals surface area (Å²) in [5.41, 5.74) is 1.12. The van der Waals surface area contributed by atoms with Crippen LogP contribution >= 0.6 is 0 Å². The van der Waals surface area contributed by atoms with E-state index in [2.05, 4.69) is 24.7 Å². The lowest BCUT2D eigenvalue weighted by Gasteiger charge is -2.23. The second kappa shape index (κ2) is 7.31. The minimum Gasteiger partial charge on any atom is -0.461 e. The molecular weight excluding hydrogens is 334 g/mol. The van der Waals surface area contributed by atoms with Gasteiger partial charge < -0.3 is 9.47 Å². The molecule has 24 heavy (non-hydrogen) atoms. The van der Waals surface area contributed by atoms with Gasteiger partial charge in [0.1, 0.15) is 6.73 Å². The van der Waals surface area contributed by atoms with Crippen molar-refractivity contribution in [3.8, 4) is 0 Å². The van der Waals surface area contributed by atoms with Gasteiger partial charge in [0.25, 0.3) is 5.92 Å². The van der Waals surface area contributed by atoms with Gasteiger partial charge in [-0.3, -0.25) is 0 Å². The number of rotatable bonds is 7. The Hall–Kier alpha value is -1.28. The number of halogens is 2. The van der Waals surface area contributed by atoms with Crippen LogP contribution in [0.3, 0.4) is 0 Å². The quantitative estimate of drug-likeness (QED) is 0.424. The van der Waals surface area contributed by atoms with Crippen molar-refractivity contribution in [3.63, 3.8) is 0 Å². The molecule has 0 fully saturated rings. The molecule has 0 saturated carbocycles. The normalized spacial score (nSPS) is 16.8. The highest BCUT2D eigenvalue weighted by atomic mass is 28.3. The number of carbonyl (C=O) groups is 1. The summed E-state index contributed by atoms with van der Waals surface area (Å²) in [4.78, 5) is 12.0. The maximum absolute atomic E-state index is 13.8. The highest BCUT2D eigenvalue weighted by molar-refractivity contribution is 6.76. The molecule has 5 nitrogen and oxygen atoms in total. The highest BCUT2D eigenvalue weighted by Gasteiger charge is 2.39. The average Bonchev–Trinajstić information content (AvgIpc) is 2.79. The fraction of sp³-hybridized carbons (Fsp3) is 0.750. The molecule has 0 spiro atoms. The molecule has 0 radical (unpaired) electrons. The first kappa shape index (κ1) is 19.0. The zero-order chi connectivity index (χ0) is 18.0. The Morgan fingerprint density at radius 2 is 2.08 bits per heavy atom. The number of fused-ring (bicyclic) bond motifs is 1. The van der Waals surface area contributed by atoms with Gasteiger partial charge >= 0.3 is 5.97 Å². The van der Waals surface area contributed by atoms with Gasteiger partial charge in [-0.25, -0.2) is 18.3 Å². The minimum absolute atomic E-state index is 0.0856. The Kier molecular flexibility index (Phi) is 5.80. The smallest absolute Gasteiger partial charge is 0.359 e. The van der Waals surface area contributed by atoms with Crippen molar-refractivity contribution in [1.82, 2.24) is 9.78 Å². The van der Waals surface area contributed by atoms with E-state index < -0.39 is 26.4 Å². The molecule has 1 aromatic heterocycles. The van der Waals surface area contributed by atoms with E-state index in [1.807, 2.05) is 0 Å². The number of esters is 1. The zero-order valence-electron chi connectivity index (χ0n) is 14.8. The standard InChI is InChI=1S/C16H26F2N2O3Si/c1-5-23-15(21)14-12-6-7-16(17,18)10-13(12)20(19-14)11-22-8-9-24(2,3)4/h5-11H2,1-4H3. The first-order chi connectivity index (χ1) is 11.1. The number of nitrogens with zero attached hydrogens (tertiary/aromatic N) is 2. The molecule has 0 aliphatic heterocycles. The molecule has 1 aliphatic carbocycles. The third-order valence-corrected chi connectivity index (χ3v) is 5.72. The third kappa shape index (κ3) is 4.86. The lowest BCUT2D eigenvalue weighted by atomic mass is 9.92. The summed E-state index contributed by atoms with van der Waals surface area (Å²) >= 11 is 0. The van der Waals surface area contributed by atoms with Gasteiger partial charge in [0.15, 0.2) is 5.69 Å². The molecule has 1 heterocycles. The van der Waals surface area contributed by atoms with E-state index >= 15 is 0 Å². The fourth-order valence-corrected chi connectivity index (χ4v) is 3.39. The van der Waals surface area contributed by atoms with Gasteiger partial charge in [0.05, 0.1) is 18.7 Å².